The monoisotopic (exact) mass is 170 g/mol. The fraction of sp³-hybridized carbons (Fsp3) is 0.200. The van der Waals surface area contributed by atoms with Gasteiger partial charge in [0.15, 0.2) is 0 Å². The Bertz CT molecular complexity index is 281. The quantitative estimate of drug-likeness (QED) is 0.410. The molecule has 0 saturated heterocycles. The van der Waals surface area contributed by atoms with Gasteiger partial charge >= 0.3 is 11.9 Å². The summed E-state index contributed by atoms with van der Waals surface area (Å²) in [7, 11) is 1.11. The lowest BCUT2D eigenvalue weighted by molar-refractivity contribution is -0.150. The Balaban J connectivity index is 2.53. The highest BCUT2D eigenvalue weighted by Crippen LogP contribution is 1.78. The summed E-state index contributed by atoms with van der Waals surface area (Å²) in [6.45, 7) is 0. The van der Waals surface area contributed by atoms with Gasteiger partial charge in [0.2, 0.25) is 0 Å². The van der Waals surface area contributed by atoms with Gasteiger partial charge in [-0.1, -0.05) is 0 Å². The van der Waals surface area contributed by atoms with Crippen LogP contribution in [0.3, 0.4) is 0 Å². The van der Waals surface area contributed by atoms with Crippen molar-refractivity contribution in [3.05, 3.63) is 12.4 Å². The van der Waals surface area contributed by atoms with E-state index in [2.05, 4.69) is 20.5 Å². The van der Waals surface area contributed by atoms with Gasteiger partial charge < -0.3 is 4.74 Å². The third-order valence-electron chi connectivity index (χ3n) is 1.01. The molecule has 1 heterocycles. The van der Waals surface area contributed by atoms with E-state index in [0.29, 0.717) is 0 Å². The van der Waals surface area contributed by atoms with Crippen molar-refractivity contribution >= 4 is 11.9 Å². The first kappa shape index (κ1) is 8.18. The van der Waals surface area contributed by atoms with E-state index in [-0.39, 0.29) is 0 Å². The molecule has 0 spiro atoms. The van der Waals surface area contributed by atoms with Crippen LogP contribution >= 0.6 is 0 Å². The van der Waals surface area contributed by atoms with Crippen LogP contribution in [0, 0.1) is 0 Å². The van der Waals surface area contributed by atoms with Crippen LogP contribution < -0.4 is 5.43 Å². The minimum atomic E-state index is -0.981. The van der Waals surface area contributed by atoms with E-state index in [1.807, 2.05) is 0 Å². The molecule has 0 aromatic carbocycles. The van der Waals surface area contributed by atoms with E-state index >= 15 is 0 Å². The second-order valence-corrected chi connectivity index (χ2v) is 1.78. The highest BCUT2D eigenvalue weighted by atomic mass is 16.5. The van der Waals surface area contributed by atoms with Gasteiger partial charge in [-0.05, 0) is 5.21 Å². The van der Waals surface area contributed by atoms with E-state index in [9.17, 15) is 9.59 Å². The second kappa shape index (κ2) is 3.46. The van der Waals surface area contributed by atoms with E-state index in [0.717, 1.165) is 11.9 Å². The number of carbonyl (C=O) groups excluding carboxylic acids is 2. The molecule has 0 unspecified atom stereocenters. The molecule has 12 heavy (non-hydrogen) atoms. The van der Waals surface area contributed by atoms with E-state index in [4.69, 9.17) is 0 Å². The molecule has 1 amide bonds. The molecular formula is C5H6N4O3. The number of methoxy groups -OCH3 is 1. The van der Waals surface area contributed by atoms with Crippen LogP contribution in [0.2, 0.25) is 0 Å². The Labute approximate surface area is 67.3 Å². The predicted octanol–water partition coefficient (Wildman–Crippen LogP) is -1.48. The van der Waals surface area contributed by atoms with E-state index in [1.54, 1.807) is 0 Å². The number of amides is 1. The van der Waals surface area contributed by atoms with Gasteiger partial charge in [-0.15, -0.1) is 5.10 Å². The fourth-order valence-electron chi connectivity index (χ4n) is 0.510. The van der Waals surface area contributed by atoms with Gasteiger partial charge in [0.25, 0.3) is 0 Å². The van der Waals surface area contributed by atoms with Crippen LogP contribution in [0.25, 0.3) is 0 Å². The number of hydrogen-bond donors (Lipinski definition) is 1. The maximum atomic E-state index is 10.8. The highest BCUT2D eigenvalue weighted by Gasteiger charge is 2.13. The van der Waals surface area contributed by atoms with Crippen LogP contribution in [-0.2, 0) is 14.3 Å². The van der Waals surface area contributed by atoms with Crippen LogP contribution in [0.1, 0.15) is 0 Å². The Hall–Kier alpha value is -1.92. The summed E-state index contributed by atoms with van der Waals surface area (Å²) >= 11 is 0. The van der Waals surface area contributed by atoms with Crippen molar-refractivity contribution in [3.8, 4) is 0 Å². The molecular weight excluding hydrogens is 164 g/mol. The standard InChI is InChI=1S/C5H6N4O3/c1-12-5(11)4(10)7-9-3-2-6-8-9/h2-3H,1H3,(H,7,10). The van der Waals surface area contributed by atoms with E-state index < -0.39 is 11.9 Å². The fourth-order valence-corrected chi connectivity index (χ4v) is 0.510. The number of nitrogens with zero attached hydrogens (tertiary/aromatic N) is 3. The van der Waals surface area contributed by atoms with Crippen LogP contribution in [0.5, 0.6) is 0 Å². The molecule has 0 aliphatic heterocycles. The van der Waals surface area contributed by atoms with Crippen molar-refractivity contribution in [2.45, 2.75) is 0 Å². The van der Waals surface area contributed by atoms with Crippen LogP contribution in [0.4, 0.5) is 0 Å². The summed E-state index contributed by atoms with van der Waals surface area (Å²) in [5.74, 6) is -1.88. The number of aromatic nitrogens is 3. The minimum absolute atomic E-state index is 0.900. The van der Waals surface area contributed by atoms with E-state index in [1.165, 1.54) is 12.4 Å². The summed E-state index contributed by atoms with van der Waals surface area (Å²) in [6.07, 6.45) is 2.73. The third kappa shape index (κ3) is 1.78. The molecule has 64 valence electrons. The van der Waals surface area contributed by atoms with Crippen LogP contribution in [-0.4, -0.2) is 34.1 Å². The summed E-state index contributed by atoms with van der Waals surface area (Å²) < 4.78 is 4.15. The molecule has 1 N–H and O–H groups in total. The van der Waals surface area contributed by atoms with Crippen molar-refractivity contribution in [1.29, 1.82) is 0 Å². The lowest BCUT2D eigenvalue weighted by Crippen LogP contribution is -2.31. The van der Waals surface area contributed by atoms with Gasteiger partial charge in [0.05, 0.1) is 19.5 Å². The Morgan fingerprint density at radius 3 is 2.83 bits per heavy atom. The number of nitrogens with one attached hydrogen (secondary N) is 1. The van der Waals surface area contributed by atoms with Gasteiger partial charge in [-0.25, -0.2) is 10.2 Å². The Morgan fingerprint density at radius 2 is 2.33 bits per heavy atom. The first-order valence-electron chi connectivity index (χ1n) is 2.99. The summed E-state index contributed by atoms with van der Waals surface area (Å²) in [6, 6.07) is 0. The lowest BCUT2D eigenvalue weighted by atomic mass is 10.6. The van der Waals surface area contributed by atoms with Crippen molar-refractivity contribution in [3.63, 3.8) is 0 Å². The van der Waals surface area contributed by atoms with Gasteiger partial charge in [-0.2, -0.15) is 4.79 Å². The number of hydrogen-bond acceptors (Lipinski definition) is 5. The smallest absolute Gasteiger partial charge is 0.398 e. The first-order valence-corrected chi connectivity index (χ1v) is 2.99. The molecule has 1 aromatic heterocycles. The van der Waals surface area contributed by atoms with Gasteiger partial charge in [0.1, 0.15) is 0 Å². The third-order valence-corrected chi connectivity index (χ3v) is 1.01. The average molecular weight is 170 g/mol. The average Bonchev–Trinajstić information content (AvgIpc) is 2.55. The highest BCUT2D eigenvalue weighted by molar-refractivity contribution is 6.35. The first-order chi connectivity index (χ1) is 5.74. The molecule has 7 heteroatoms. The molecule has 0 saturated carbocycles. The summed E-state index contributed by atoms with van der Waals surface area (Å²) in [5, 5.41) is 6.81. The topological polar surface area (TPSA) is 86.1 Å². The summed E-state index contributed by atoms with van der Waals surface area (Å²) in [5.41, 5.74) is 2.10. The van der Waals surface area contributed by atoms with Crippen molar-refractivity contribution in [2.24, 2.45) is 0 Å². The maximum Gasteiger partial charge on any atom is 0.398 e. The van der Waals surface area contributed by atoms with Crippen molar-refractivity contribution in [1.82, 2.24) is 15.1 Å². The number of rotatable bonds is 1. The Kier molecular flexibility index (Phi) is 2.36. The second-order valence-electron chi connectivity index (χ2n) is 1.78. The normalized spacial score (nSPS) is 9.08. The predicted molar refractivity (Wildman–Crippen MR) is 36.4 cm³/mol. The number of ether oxygens (including phenoxy) is 1. The summed E-state index contributed by atoms with van der Waals surface area (Å²) in [4.78, 5) is 22.3. The molecule has 7 nitrogen and oxygen atoms in total. The van der Waals surface area contributed by atoms with Gasteiger partial charge in [-0.3, -0.25) is 4.79 Å². The van der Waals surface area contributed by atoms with Crippen LogP contribution in [0.15, 0.2) is 12.4 Å². The molecule has 0 fully saturated rings. The molecule has 0 radical (unpaired) electrons. The minimum Gasteiger partial charge on any atom is -0.462 e. The molecule has 0 aliphatic carbocycles. The van der Waals surface area contributed by atoms with Gasteiger partial charge in [0, 0.05) is 0 Å². The number of carbonyl (C=O) groups is 2. The molecule has 1 aromatic rings. The molecule has 0 atom stereocenters. The molecule has 0 bridgehead atoms. The lowest BCUT2D eigenvalue weighted by Gasteiger charge is -2.00. The Morgan fingerprint density at radius 1 is 1.58 bits per heavy atom. The zero-order valence-electron chi connectivity index (χ0n) is 6.22. The van der Waals surface area contributed by atoms with Crippen molar-refractivity contribution in [2.75, 3.05) is 12.5 Å². The molecule has 0 aliphatic rings. The maximum absolute atomic E-state index is 10.8. The van der Waals surface area contributed by atoms with Crippen molar-refractivity contribution < 1.29 is 14.3 Å². The SMILES string of the molecule is COC(=O)C(=O)Nn1ccnn1. The molecule has 1 rings (SSSR count). The zero-order chi connectivity index (χ0) is 8.97. The zero-order valence-corrected chi connectivity index (χ0v) is 6.22. The largest absolute Gasteiger partial charge is 0.462 e. The number of esters is 1.